The highest BCUT2D eigenvalue weighted by molar-refractivity contribution is 6.00. The Morgan fingerprint density at radius 1 is 1.05 bits per heavy atom. The molecule has 0 heterocycles. The quantitative estimate of drug-likeness (QED) is 0.750. The van der Waals surface area contributed by atoms with Crippen molar-refractivity contribution in [2.45, 2.75) is 6.92 Å². The summed E-state index contributed by atoms with van der Waals surface area (Å²) in [7, 11) is 1.53. The summed E-state index contributed by atoms with van der Waals surface area (Å²) in [5, 5.41) is 5.47. The summed E-state index contributed by atoms with van der Waals surface area (Å²) in [6, 6.07) is 12.3. The van der Waals surface area contributed by atoms with Gasteiger partial charge >= 0.3 is 6.03 Å². The molecule has 0 saturated heterocycles. The van der Waals surface area contributed by atoms with E-state index in [9.17, 15) is 4.79 Å². The van der Waals surface area contributed by atoms with Crippen LogP contribution in [0, 0.1) is 6.92 Å². The van der Waals surface area contributed by atoms with Crippen molar-refractivity contribution >= 4 is 23.1 Å². The number of hydrogen-bond acceptors (Lipinski definition) is 3. The average molecular weight is 271 g/mol. The second-order valence-electron chi connectivity index (χ2n) is 4.40. The second-order valence-corrected chi connectivity index (χ2v) is 4.40. The van der Waals surface area contributed by atoms with Crippen LogP contribution in [0.25, 0.3) is 0 Å². The average Bonchev–Trinajstić information content (AvgIpc) is 2.43. The second kappa shape index (κ2) is 5.97. The summed E-state index contributed by atoms with van der Waals surface area (Å²) in [5.41, 5.74) is 8.72. The summed E-state index contributed by atoms with van der Waals surface area (Å²) in [5.74, 6) is 0.526. The molecule has 2 amide bonds. The van der Waals surface area contributed by atoms with Gasteiger partial charge in [0.1, 0.15) is 5.75 Å². The number of hydrogen-bond donors (Lipinski definition) is 3. The molecule has 0 saturated carbocycles. The molecule has 2 rings (SSSR count). The lowest BCUT2D eigenvalue weighted by Gasteiger charge is -2.10. The molecular weight excluding hydrogens is 254 g/mol. The number of anilines is 3. The molecule has 0 aliphatic carbocycles. The molecule has 5 heteroatoms. The van der Waals surface area contributed by atoms with Crippen molar-refractivity contribution in [2.24, 2.45) is 0 Å². The van der Waals surface area contributed by atoms with Crippen LogP contribution < -0.4 is 21.1 Å². The van der Waals surface area contributed by atoms with Gasteiger partial charge in [-0.25, -0.2) is 4.79 Å². The molecule has 0 fully saturated rings. The van der Waals surface area contributed by atoms with Crippen LogP contribution >= 0.6 is 0 Å². The van der Waals surface area contributed by atoms with E-state index in [1.54, 1.807) is 18.2 Å². The van der Waals surface area contributed by atoms with E-state index in [4.69, 9.17) is 10.5 Å². The lowest BCUT2D eigenvalue weighted by molar-refractivity contribution is 0.262. The van der Waals surface area contributed by atoms with Crippen molar-refractivity contribution in [3.63, 3.8) is 0 Å². The molecule has 2 aromatic carbocycles. The molecule has 0 aliphatic rings. The largest absolute Gasteiger partial charge is 0.495 e. The Morgan fingerprint density at radius 3 is 2.30 bits per heavy atom. The number of nitrogens with one attached hydrogen (secondary N) is 2. The predicted octanol–water partition coefficient (Wildman–Crippen LogP) is 3.23. The molecule has 4 N–H and O–H groups in total. The van der Waals surface area contributed by atoms with Crippen molar-refractivity contribution in [3.05, 3.63) is 48.0 Å². The minimum atomic E-state index is -0.319. The number of ether oxygens (including phenoxy) is 1. The Balaban J connectivity index is 2.02. The van der Waals surface area contributed by atoms with E-state index in [0.717, 1.165) is 11.3 Å². The third kappa shape index (κ3) is 3.41. The summed E-state index contributed by atoms with van der Waals surface area (Å²) in [6.07, 6.45) is 0. The van der Waals surface area contributed by atoms with Gasteiger partial charge < -0.3 is 21.1 Å². The lowest BCUT2D eigenvalue weighted by atomic mass is 10.2. The zero-order valence-electron chi connectivity index (χ0n) is 11.4. The van der Waals surface area contributed by atoms with Crippen LogP contribution in [0.1, 0.15) is 5.56 Å². The molecule has 0 radical (unpaired) electrons. The SMILES string of the molecule is COc1cc(NC(=O)Nc2ccc(C)cc2)ccc1N. The van der Waals surface area contributed by atoms with E-state index in [-0.39, 0.29) is 6.03 Å². The van der Waals surface area contributed by atoms with E-state index >= 15 is 0 Å². The normalized spacial score (nSPS) is 9.90. The first-order valence-electron chi connectivity index (χ1n) is 6.16. The van der Waals surface area contributed by atoms with Crippen molar-refractivity contribution in [1.82, 2.24) is 0 Å². The first-order chi connectivity index (χ1) is 9.58. The van der Waals surface area contributed by atoms with Crippen molar-refractivity contribution in [2.75, 3.05) is 23.5 Å². The smallest absolute Gasteiger partial charge is 0.323 e. The van der Waals surface area contributed by atoms with Gasteiger partial charge in [-0.15, -0.1) is 0 Å². The highest BCUT2D eigenvalue weighted by atomic mass is 16.5. The van der Waals surface area contributed by atoms with Crippen LogP contribution in [0.4, 0.5) is 21.9 Å². The van der Waals surface area contributed by atoms with E-state index < -0.39 is 0 Å². The van der Waals surface area contributed by atoms with Crippen molar-refractivity contribution in [3.8, 4) is 5.75 Å². The summed E-state index contributed by atoms with van der Waals surface area (Å²) >= 11 is 0. The fourth-order valence-corrected chi connectivity index (χ4v) is 1.72. The van der Waals surface area contributed by atoms with Gasteiger partial charge in [0, 0.05) is 17.4 Å². The maximum Gasteiger partial charge on any atom is 0.323 e. The van der Waals surface area contributed by atoms with Gasteiger partial charge in [0.05, 0.1) is 12.8 Å². The minimum absolute atomic E-state index is 0.319. The van der Waals surface area contributed by atoms with Crippen molar-refractivity contribution < 1.29 is 9.53 Å². The molecule has 0 unspecified atom stereocenters. The molecule has 0 aromatic heterocycles. The predicted molar refractivity (Wildman–Crippen MR) is 81.2 cm³/mol. The maximum absolute atomic E-state index is 11.9. The molecule has 0 aliphatic heterocycles. The van der Waals surface area contributed by atoms with Gasteiger partial charge in [-0.05, 0) is 31.2 Å². The van der Waals surface area contributed by atoms with Crippen LogP contribution in [0.5, 0.6) is 5.75 Å². The Kier molecular flexibility index (Phi) is 4.10. The number of benzene rings is 2. The molecule has 0 atom stereocenters. The van der Waals surface area contributed by atoms with E-state index in [0.29, 0.717) is 17.1 Å². The number of aryl methyl sites for hydroxylation is 1. The first kappa shape index (κ1) is 13.7. The highest BCUT2D eigenvalue weighted by Gasteiger charge is 2.05. The molecular formula is C15H17N3O2. The van der Waals surface area contributed by atoms with E-state index in [1.165, 1.54) is 7.11 Å². The van der Waals surface area contributed by atoms with Crippen LogP contribution in [0.3, 0.4) is 0 Å². The number of carbonyl (C=O) groups excluding carboxylic acids is 1. The zero-order chi connectivity index (χ0) is 14.5. The summed E-state index contributed by atoms with van der Waals surface area (Å²) in [6.45, 7) is 1.99. The lowest BCUT2D eigenvalue weighted by Crippen LogP contribution is -2.19. The number of methoxy groups -OCH3 is 1. The van der Waals surface area contributed by atoms with Crippen molar-refractivity contribution in [1.29, 1.82) is 0 Å². The van der Waals surface area contributed by atoms with E-state index in [2.05, 4.69) is 10.6 Å². The van der Waals surface area contributed by atoms with Gasteiger partial charge in [0.2, 0.25) is 0 Å². The Morgan fingerprint density at radius 2 is 1.65 bits per heavy atom. The zero-order valence-corrected chi connectivity index (χ0v) is 11.4. The molecule has 104 valence electrons. The first-order valence-corrected chi connectivity index (χ1v) is 6.16. The standard InChI is InChI=1S/C15H17N3O2/c1-10-3-5-11(6-4-10)17-15(19)18-12-7-8-13(16)14(9-12)20-2/h3-9H,16H2,1-2H3,(H2,17,18,19). The molecule has 20 heavy (non-hydrogen) atoms. The fourth-order valence-electron chi connectivity index (χ4n) is 1.72. The minimum Gasteiger partial charge on any atom is -0.495 e. The molecule has 0 spiro atoms. The summed E-state index contributed by atoms with van der Waals surface area (Å²) in [4.78, 5) is 11.9. The van der Waals surface area contributed by atoms with Gasteiger partial charge in [0.15, 0.2) is 0 Å². The van der Waals surface area contributed by atoms with Gasteiger partial charge in [0.25, 0.3) is 0 Å². The molecule has 0 bridgehead atoms. The van der Waals surface area contributed by atoms with Gasteiger partial charge in [-0.1, -0.05) is 17.7 Å². The number of nitrogens with two attached hydrogens (primary N) is 1. The number of carbonyl (C=O) groups is 1. The number of rotatable bonds is 3. The Hall–Kier alpha value is -2.69. The highest BCUT2D eigenvalue weighted by Crippen LogP contribution is 2.25. The third-order valence-corrected chi connectivity index (χ3v) is 2.80. The maximum atomic E-state index is 11.9. The molecule has 2 aromatic rings. The van der Waals surface area contributed by atoms with Gasteiger partial charge in [-0.3, -0.25) is 0 Å². The van der Waals surface area contributed by atoms with Gasteiger partial charge in [-0.2, -0.15) is 0 Å². The summed E-state index contributed by atoms with van der Waals surface area (Å²) < 4.78 is 5.10. The monoisotopic (exact) mass is 271 g/mol. The van der Waals surface area contributed by atoms with Crippen LogP contribution in [0.15, 0.2) is 42.5 Å². The number of urea groups is 1. The van der Waals surface area contributed by atoms with Crippen LogP contribution in [-0.2, 0) is 0 Å². The Bertz CT molecular complexity index is 609. The molecule has 5 nitrogen and oxygen atoms in total. The fraction of sp³-hybridized carbons (Fsp3) is 0.133. The Labute approximate surface area is 117 Å². The van der Waals surface area contributed by atoms with Crippen LogP contribution in [0.2, 0.25) is 0 Å². The van der Waals surface area contributed by atoms with E-state index in [1.807, 2.05) is 31.2 Å². The van der Waals surface area contributed by atoms with Crippen LogP contribution in [-0.4, -0.2) is 13.1 Å². The third-order valence-electron chi connectivity index (χ3n) is 2.80. The number of amides is 2. The number of nitrogen functional groups attached to an aromatic ring is 1. The topological polar surface area (TPSA) is 76.4 Å².